The molecule has 0 spiro atoms. The van der Waals surface area contributed by atoms with Gasteiger partial charge in [-0.2, -0.15) is 0 Å². The molecule has 0 unspecified atom stereocenters. The molecule has 1 aliphatic rings. The lowest BCUT2D eigenvalue weighted by Gasteiger charge is -2.16. The van der Waals surface area contributed by atoms with Crippen LogP contribution in [-0.2, 0) is 16.0 Å². The summed E-state index contributed by atoms with van der Waals surface area (Å²) in [6, 6.07) is 7.71. The fraction of sp³-hybridized carbons (Fsp3) is 0.562. The van der Waals surface area contributed by atoms with E-state index in [-0.39, 0.29) is 12.0 Å². The highest BCUT2D eigenvalue weighted by Gasteiger charge is 2.34. The third-order valence-electron chi connectivity index (χ3n) is 3.77. The standard InChI is InChI=1S/C16H23NO4/c1-3-21-15-11-17(10-13(15)18)16(19)9-8-12-6-4-5-7-14(12)20-2/h4-7,13,15,18H,3,8-11H2,1-2H3/t13-,15-/m1/s1. The minimum atomic E-state index is -0.583. The van der Waals surface area contributed by atoms with Crippen LogP contribution in [-0.4, -0.2) is 54.9 Å². The highest BCUT2D eigenvalue weighted by Crippen LogP contribution is 2.20. The van der Waals surface area contributed by atoms with Gasteiger partial charge in [0.15, 0.2) is 0 Å². The highest BCUT2D eigenvalue weighted by atomic mass is 16.5. The van der Waals surface area contributed by atoms with Crippen LogP contribution < -0.4 is 4.74 Å². The van der Waals surface area contributed by atoms with Crippen molar-refractivity contribution in [2.75, 3.05) is 26.8 Å². The summed E-state index contributed by atoms with van der Waals surface area (Å²) < 4.78 is 10.7. The van der Waals surface area contributed by atoms with Crippen molar-refractivity contribution in [3.05, 3.63) is 29.8 Å². The van der Waals surface area contributed by atoms with E-state index in [1.807, 2.05) is 31.2 Å². The van der Waals surface area contributed by atoms with Crippen molar-refractivity contribution in [2.24, 2.45) is 0 Å². The van der Waals surface area contributed by atoms with Gasteiger partial charge in [-0.1, -0.05) is 18.2 Å². The second-order valence-corrected chi connectivity index (χ2v) is 5.17. The Kier molecular flexibility index (Phi) is 5.59. The topological polar surface area (TPSA) is 59.0 Å². The number of rotatable bonds is 6. The molecule has 1 fully saturated rings. The van der Waals surface area contributed by atoms with E-state index in [0.717, 1.165) is 11.3 Å². The van der Waals surface area contributed by atoms with E-state index in [1.165, 1.54) is 0 Å². The fourth-order valence-electron chi connectivity index (χ4n) is 2.65. The first-order valence-corrected chi connectivity index (χ1v) is 7.35. The van der Waals surface area contributed by atoms with E-state index in [0.29, 0.717) is 32.5 Å². The lowest BCUT2D eigenvalue weighted by atomic mass is 10.1. The number of aliphatic hydroxyl groups is 1. The lowest BCUT2D eigenvalue weighted by molar-refractivity contribution is -0.130. The van der Waals surface area contributed by atoms with Crippen LogP contribution in [0.2, 0.25) is 0 Å². The van der Waals surface area contributed by atoms with Gasteiger partial charge in [-0.3, -0.25) is 4.79 Å². The number of β-amino-alcohol motifs (C(OH)–C–C–N with tert-alkyl or cyclic N) is 1. The number of amides is 1. The van der Waals surface area contributed by atoms with Gasteiger partial charge in [0.25, 0.3) is 0 Å². The van der Waals surface area contributed by atoms with Crippen molar-refractivity contribution in [3.8, 4) is 5.75 Å². The molecule has 1 aromatic carbocycles. The molecule has 0 radical (unpaired) electrons. The zero-order chi connectivity index (χ0) is 15.2. The monoisotopic (exact) mass is 293 g/mol. The summed E-state index contributed by atoms with van der Waals surface area (Å²) in [5.41, 5.74) is 1.02. The summed E-state index contributed by atoms with van der Waals surface area (Å²) in [5, 5.41) is 9.87. The van der Waals surface area contributed by atoms with Crippen LogP contribution in [0, 0.1) is 0 Å². The van der Waals surface area contributed by atoms with E-state index in [4.69, 9.17) is 9.47 Å². The molecular weight excluding hydrogens is 270 g/mol. The maximum Gasteiger partial charge on any atom is 0.223 e. The third-order valence-corrected chi connectivity index (χ3v) is 3.77. The summed E-state index contributed by atoms with van der Waals surface area (Å²) in [5.74, 6) is 0.848. The molecule has 5 nitrogen and oxygen atoms in total. The molecule has 0 aromatic heterocycles. The molecule has 1 saturated heterocycles. The van der Waals surface area contributed by atoms with Gasteiger partial charge < -0.3 is 19.5 Å². The van der Waals surface area contributed by atoms with Crippen LogP contribution in [0.3, 0.4) is 0 Å². The Balaban J connectivity index is 1.88. The first-order valence-electron chi connectivity index (χ1n) is 7.35. The number of nitrogens with zero attached hydrogens (tertiary/aromatic N) is 1. The van der Waals surface area contributed by atoms with Gasteiger partial charge in [0, 0.05) is 26.1 Å². The normalized spacial score (nSPS) is 21.6. The van der Waals surface area contributed by atoms with Crippen LogP contribution in [0.5, 0.6) is 5.75 Å². The van der Waals surface area contributed by atoms with E-state index >= 15 is 0 Å². The number of benzene rings is 1. The number of para-hydroxylation sites is 1. The van der Waals surface area contributed by atoms with Gasteiger partial charge in [0.05, 0.1) is 13.2 Å². The molecule has 2 rings (SSSR count). The Morgan fingerprint density at radius 3 is 2.86 bits per heavy atom. The predicted molar refractivity (Wildman–Crippen MR) is 79.3 cm³/mol. The molecule has 0 aliphatic carbocycles. The van der Waals surface area contributed by atoms with Gasteiger partial charge in [0.2, 0.25) is 5.91 Å². The van der Waals surface area contributed by atoms with E-state index in [1.54, 1.807) is 12.0 Å². The lowest BCUT2D eigenvalue weighted by Crippen LogP contribution is -2.30. The number of hydrogen-bond acceptors (Lipinski definition) is 4. The number of ether oxygens (including phenoxy) is 2. The summed E-state index contributed by atoms with van der Waals surface area (Å²) in [7, 11) is 1.63. The van der Waals surface area contributed by atoms with Crippen molar-refractivity contribution in [3.63, 3.8) is 0 Å². The predicted octanol–water partition coefficient (Wildman–Crippen LogP) is 1.24. The van der Waals surface area contributed by atoms with Crippen molar-refractivity contribution >= 4 is 5.91 Å². The van der Waals surface area contributed by atoms with Crippen molar-refractivity contribution in [1.82, 2.24) is 4.90 Å². The molecular formula is C16H23NO4. The number of aliphatic hydroxyl groups excluding tert-OH is 1. The Bertz CT molecular complexity index is 477. The first-order chi connectivity index (χ1) is 10.2. The van der Waals surface area contributed by atoms with Crippen molar-refractivity contribution in [2.45, 2.75) is 32.0 Å². The van der Waals surface area contributed by atoms with Gasteiger partial charge in [-0.05, 0) is 25.0 Å². The zero-order valence-corrected chi connectivity index (χ0v) is 12.6. The molecule has 21 heavy (non-hydrogen) atoms. The maximum absolute atomic E-state index is 12.2. The van der Waals surface area contributed by atoms with Crippen molar-refractivity contribution in [1.29, 1.82) is 0 Å². The second kappa shape index (κ2) is 7.43. The largest absolute Gasteiger partial charge is 0.496 e. The smallest absolute Gasteiger partial charge is 0.223 e. The minimum Gasteiger partial charge on any atom is -0.496 e. The van der Waals surface area contributed by atoms with E-state index < -0.39 is 6.10 Å². The summed E-state index contributed by atoms with van der Waals surface area (Å²) in [6.07, 6.45) is 0.200. The summed E-state index contributed by atoms with van der Waals surface area (Å²) in [6.45, 7) is 3.26. The Hall–Kier alpha value is -1.59. The third kappa shape index (κ3) is 3.95. The molecule has 0 saturated carbocycles. The number of hydrogen-bond donors (Lipinski definition) is 1. The average molecular weight is 293 g/mol. The molecule has 1 heterocycles. The van der Waals surface area contributed by atoms with Crippen LogP contribution in [0.1, 0.15) is 18.9 Å². The molecule has 1 aliphatic heterocycles. The van der Waals surface area contributed by atoms with Gasteiger partial charge in [-0.15, -0.1) is 0 Å². The maximum atomic E-state index is 12.2. The molecule has 116 valence electrons. The number of aryl methyl sites for hydroxylation is 1. The SMILES string of the molecule is CCO[C@@H]1CN(C(=O)CCc2ccccc2OC)C[C@H]1O. The quantitative estimate of drug-likeness (QED) is 0.857. The summed E-state index contributed by atoms with van der Waals surface area (Å²) in [4.78, 5) is 13.9. The highest BCUT2D eigenvalue weighted by molar-refractivity contribution is 5.77. The zero-order valence-electron chi connectivity index (χ0n) is 12.6. The van der Waals surface area contributed by atoms with Crippen molar-refractivity contribution < 1.29 is 19.4 Å². The molecule has 1 amide bonds. The molecule has 1 aromatic rings. The Labute approximate surface area is 125 Å². The average Bonchev–Trinajstić information content (AvgIpc) is 2.87. The van der Waals surface area contributed by atoms with E-state index in [9.17, 15) is 9.90 Å². The van der Waals surface area contributed by atoms with E-state index in [2.05, 4.69) is 0 Å². The minimum absolute atomic E-state index is 0.0437. The van der Waals surface area contributed by atoms with Gasteiger partial charge >= 0.3 is 0 Å². The molecule has 2 atom stereocenters. The fourth-order valence-corrected chi connectivity index (χ4v) is 2.65. The molecule has 1 N–H and O–H groups in total. The van der Waals surface area contributed by atoms with Gasteiger partial charge in [-0.25, -0.2) is 0 Å². The van der Waals surface area contributed by atoms with Crippen LogP contribution in [0.25, 0.3) is 0 Å². The van der Waals surface area contributed by atoms with Crippen LogP contribution >= 0.6 is 0 Å². The Morgan fingerprint density at radius 1 is 1.38 bits per heavy atom. The van der Waals surface area contributed by atoms with Gasteiger partial charge in [0.1, 0.15) is 11.9 Å². The van der Waals surface area contributed by atoms with Crippen LogP contribution in [0.4, 0.5) is 0 Å². The second-order valence-electron chi connectivity index (χ2n) is 5.17. The number of carbonyl (C=O) groups is 1. The first kappa shape index (κ1) is 15.8. The number of carbonyl (C=O) groups excluding carboxylic acids is 1. The number of likely N-dealkylation sites (tertiary alicyclic amines) is 1. The molecule has 5 heteroatoms. The molecule has 0 bridgehead atoms. The Morgan fingerprint density at radius 2 is 2.14 bits per heavy atom. The van der Waals surface area contributed by atoms with Crippen LogP contribution in [0.15, 0.2) is 24.3 Å². The number of methoxy groups -OCH3 is 1. The summed E-state index contributed by atoms with van der Waals surface area (Å²) >= 11 is 0.